The monoisotopic (exact) mass is 247 g/mol. The van der Waals surface area contributed by atoms with Crippen molar-refractivity contribution < 1.29 is 0 Å². The molecule has 2 unspecified atom stereocenters. The smallest absolute Gasteiger partial charge is 0.0312 e. The summed E-state index contributed by atoms with van der Waals surface area (Å²) < 4.78 is 0. The van der Waals surface area contributed by atoms with Gasteiger partial charge >= 0.3 is 0 Å². The molecule has 0 aromatic carbocycles. The Morgan fingerprint density at radius 1 is 1.50 bits per heavy atom. The first-order valence-corrected chi connectivity index (χ1v) is 7.03. The highest BCUT2D eigenvalue weighted by atomic mass is 15.2. The van der Waals surface area contributed by atoms with Gasteiger partial charge in [0.1, 0.15) is 0 Å². The highest BCUT2D eigenvalue weighted by Crippen LogP contribution is 2.16. The van der Waals surface area contributed by atoms with E-state index in [1.165, 1.54) is 12.0 Å². The van der Waals surface area contributed by atoms with E-state index in [2.05, 4.69) is 42.0 Å². The van der Waals surface area contributed by atoms with Gasteiger partial charge in [-0.3, -0.25) is 9.88 Å². The zero-order valence-electron chi connectivity index (χ0n) is 11.8. The first kappa shape index (κ1) is 13.5. The van der Waals surface area contributed by atoms with Crippen molar-refractivity contribution in [2.24, 2.45) is 5.92 Å². The summed E-state index contributed by atoms with van der Waals surface area (Å²) in [5, 5.41) is 3.67. The van der Waals surface area contributed by atoms with E-state index >= 15 is 0 Å². The zero-order valence-corrected chi connectivity index (χ0v) is 11.8. The van der Waals surface area contributed by atoms with Crippen molar-refractivity contribution in [3.05, 3.63) is 30.1 Å². The van der Waals surface area contributed by atoms with Crippen molar-refractivity contribution >= 4 is 0 Å². The van der Waals surface area contributed by atoms with Crippen LogP contribution in [0.2, 0.25) is 0 Å². The van der Waals surface area contributed by atoms with Gasteiger partial charge in [-0.2, -0.15) is 0 Å². The van der Waals surface area contributed by atoms with Crippen LogP contribution in [-0.4, -0.2) is 35.1 Å². The summed E-state index contributed by atoms with van der Waals surface area (Å²) in [6, 6.07) is 5.44. The number of aromatic nitrogens is 1. The minimum absolute atomic E-state index is 0.603. The number of nitrogens with zero attached hydrogens (tertiary/aromatic N) is 2. The number of hydrogen-bond acceptors (Lipinski definition) is 3. The van der Waals surface area contributed by atoms with Crippen LogP contribution in [0.5, 0.6) is 0 Å². The van der Waals surface area contributed by atoms with E-state index < -0.39 is 0 Å². The van der Waals surface area contributed by atoms with Crippen LogP contribution in [-0.2, 0) is 6.54 Å². The quantitative estimate of drug-likeness (QED) is 0.888. The van der Waals surface area contributed by atoms with Gasteiger partial charge in [-0.05, 0) is 37.4 Å². The molecule has 1 aliphatic rings. The Kier molecular flexibility index (Phi) is 4.72. The largest absolute Gasteiger partial charge is 0.312 e. The van der Waals surface area contributed by atoms with Gasteiger partial charge in [0.25, 0.3) is 0 Å². The molecular formula is C15H25N3. The predicted molar refractivity (Wildman–Crippen MR) is 75.4 cm³/mol. The van der Waals surface area contributed by atoms with Gasteiger partial charge in [0.2, 0.25) is 0 Å². The maximum atomic E-state index is 4.21. The van der Waals surface area contributed by atoms with Crippen molar-refractivity contribution in [1.29, 1.82) is 0 Å². The van der Waals surface area contributed by atoms with E-state index in [9.17, 15) is 0 Å². The molecule has 1 aromatic rings. The molecule has 2 rings (SSSR count). The van der Waals surface area contributed by atoms with Gasteiger partial charge in [0.05, 0.1) is 0 Å². The van der Waals surface area contributed by atoms with Crippen LogP contribution in [0.1, 0.15) is 32.8 Å². The van der Waals surface area contributed by atoms with E-state index in [0.29, 0.717) is 18.0 Å². The van der Waals surface area contributed by atoms with Gasteiger partial charge in [-0.1, -0.05) is 19.9 Å². The Hall–Kier alpha value is -0.930. The van der Waals surface area contributed by atoms with Crippen LogP contribution in [0.15, 0.2) is 24.5 Å². The second-order valence-corrected chi connectivity index (χ2v) is 5.73. The van der Waals surface area contributed by atoms with Crippen molar-refractivity contribution in [3.63, 3.8) is 0 Å². The molecule has 3 nitrogen and oxygen atoms in total. The maximum absolute atomic E-state index is 4.21. The minimum atomic E-state index is 0.603. The van der Waals surface area contributed by atoms with E-state index in [1.807, 2.05) is 18.5 Å². The summed E-state index contributed by atoms with van der Waals surface area (Å²) in [5.41, 5.74) is 1.31. The molecule has 1 N–H and O–H groups in total. The van der Waals surface area contributed by atoms with Crippen LogP contribution >= 0.6 is 0 Å². The molecule has 1 fully saturated rings. The Labute approximate surface area is 111 Å². The Balaban J connectivity index is 2.03. The summed E-state index contributed by atoms with van der Waals surface area (Å²) in [4.78, 5) is 6.80. The second kappa shape index (κ2) is 6.30. The number of hydrogen-bond donors (Lipinski definition) is 1. The number of nitrogens with one attached hydrogen (secondary N) is 1. The fourth-order valence-corrected chi connectivity index (χ4v) is 2.55. The van der Waals surface area contributed by atoms with Crippen molar-refractivity contribution in [3.8, 4) is 0 Å². The lowest BCUT2D eigenvalue weighted by Gasteiger charge is -2.30. The van der Waals surface area contributed by atoms with Gasteiger partial charge in [-0.25, -0.2) is 0 Å². The van der Waals surface area contributed by atoms with Crippen LogP contribution < -0.4 is 5.32 Å². The third kappa shape index (κ3) is 3.53. The molecule has 0 bridgehead atoms. The molecule has 18 heavy (non-hydrogen) atoms. The molecule has 0 amide bonds. The SMILES string of the molecule is CC(C)C1CN(Cc2cccnc2)C(C)CCN1. The molecule has 2 atom stereocenters. The number of rotatable bonds is 3. The average Bonchev–Trinajstić information content (AvgIpc) is 2.54. The lowest BCUT2D eigenvalue weighted by atomic mass is 10.0. The third-order valence-corrected chi connectivity index (χ3v) is 3.94. The fraction of sp³-hybridized carbons (Fsp3) is 0.667. The molecular weight excluding hydrogens is 222 g/mol. The molecule has 2 heterocycles. The molecule has 0 spiro atoms. The van der Waals surface area contributed by atoms with Gasteiger partial charge in [0, 0.05) is 37.6 Å². The first-order valence-electron chi connectivity index (χ1n) is 7.03. The molecule has 0 aliphatic carbocycles. The van der Waals surface area contributed by atoms with Crippen LogP contribution in [0.3, 0.4) is 0 Å². The molecule has 100 valence electrons. The summed E-state index contributed by atoms with van der Waals surface area (Å²) in [6.45, 7) is 10.2. The highest BCUT2D eigenvalue weighted by Gasteiger charge is 2.24. The summed E-state index contributed by atoms with van der Waals surface area (Å²) in [5.74, 6) is 0.687. The van der Waals surface area contributed by atoms with Crippen molar-refractivity contribution in [2.45, 2.75) is 45.8 Å². The summed E-state index contributed by atoms with van der Waals surface area (Å²) in [7, 11) is 0. The summed E-state index contributed by atoms with van der Waals surface area (Å²) >= 11 is 0. The zero-order chi connectivity index (χ0) is 13.0. The topological polar surface area (TPSA) is 28.2 Å². The van der Waals surface area contributed by atoms with Gasteiger partial charge in [0.15, 0.2) is 0 Å². The molecule has 0 saturated carbocycles. The van der Waals surface area contributed by atoms with E-state index in [1.54, 1.807) is 0 Å². The third-order valence-electron chi connectivity index (χ3n) is 3.94. The molecule has 3 heteroatoms. The first-order chi connectivity index (χ1) is 8.66. The minimum Gasteiger partial charge on any atom is -0.312 e. The maximum Gasteiger partial charge on any atom is 0.0312 e. The van der Waals surface area contributed by atoms with E-state index in [4.69, 9.17) is 0 Å². The second-order valence-electron chi connectivity index (χ2n) is 5.73. The van der Waals surface area contributed by atoms with Crippen molar-refractivity contribution in [2.75, 3.05) is 13.1 Å². The van der Waals surface area contributed by atoms with Crippen LogP contribution in [0.4, 0.5) is 0 Å². The lowest BCUT2D eigenvalue weighted by Crippen LogP contribution is -2.42. The highest BCUT2D eigenvalue weighted by molar-refractivity contribution is 5.08. The lowest BCUT2D eigenvalue weighted by molar-refractivity contribution is 0.184. The molecule has 0 radical (unpaired) electrons. The summed E-state index contributed by atoms with van der Waals surface area (Å²) in [6.07, 6.45) is 5.05. The molecule has 1 saturated heterocycles. The number of pyridine rings is 1. The van der Waals surface area contributed by atoms with E-state index in [0.717, 1.165) is 19.6 Å². The van der Waals surface area contributed by atoms with Crippen LogP contribution in [0.25, 0.3) is 0 Å². The standard InChI is InChI=1S/C15H25N3/c1-12(2)15-11-18(13(3)6-8-17-15)10-14-5-4-7-16-9-14/h4-5,7,9,12-13,15,17H,6,8,10-11H2,1-3H3. The van der Waals surface area contributed by atoms with Gasteiger partial charge < -0.3 is 5.32 Å². The Morgan fingerprint density at radius 3 is 3.00 bits per heavy atom. The average molecular weight is 247 g/mol. The predicted octanol–water partition coefficient (Wildman–Crippen LogP) is 2.29. The Morgan fingerprint density at radius 2 is 2.33 bits per heavy atom. The van der Waals surface area contributed by atoms with Crippen LogP contribution in [0, 0.1) is 5.92 Å². The van der Waals surface area contributed by atoms with Gasteiger partial charge in [-0.15, -0.1) is 0 Å². The molecule has 1 aromatic heterocycles. The van der Waals surface area contributed by atoms with Crippen molar-refractivity contribution in [1.82, 2.24) is 15.2 Å². The molecule has 1 aliphatic heterocycles. The fourth-order valence-electron chi connectivity index (χ4n) is 2.55. The van der Waals surface area contributed by atoms with E-state index in [-0.39, 0.29) is 0 Å². The Bertz CT molecular complexity index is 350. The normalized spacial score (nSPS) is 26.2.